The summed E-state index contributed by atoms with van der Waals surface area (Å²) < 4.78 is 0. The molecule has 1 N–H and O–H groups in total. The van der Waals surface area contributed by atoms with Crippen LogP contribution in [0.3, 0.4) is 0 Å². The molecule has 70 valence electrons. The Morgan fingerprint density at radius 3 is 3.00 bits per heavy atom. The second kappa shape index (κ2) is 3.64. The molecular formula is C10H7ClN2O. The molecule has 2 aromatic rings. The first-order valence-corrected chi connectivity index (χ1v) is 4.45. The number of rotatable bonds is 1. The van der Waals surface area contributed by atoms with Crippen molar-refractivity contribution in [2.24, 2.45) is 0 Å². The number of amides is 1. The maximum Gasteiger partial charge on any atom is 0.318 e. The highest BCUT2D eigenvalue weighted by molar-refractivity contribution is 6.65. The number of pyridine rings is 1. The molecule has 2 rings (SSSR count). The van der Waals surface area contributed by atoms with Crippen molar-refractivity contribution in [3.63, 3.8) is 0 Å². The normalized spacial score (nSPS) is 10.1. The van der Waals surface area contributed by atoms with Crippen LogP contribution in [0.25, 0.3) is 10.9 Å². The minimum atomic E-state index is -0.590. The molecule has 14 heavy (non-hydrogen) atoms. The number of hydrogen-bond acceptors (Lipinski definition) is 2. The van der Waals surface area contributed by atoms with Gasteiger partial charge in [-0.25, -0.2) is 0 Å². The number of nitrogens with one attached hydrogen (secondary N) is 1. The van der Waals surface area contributed by atoms with Crippen LogP contribution in [-0.2, 0) is 0 Å². The molecule has 0 atom stereocenters. The van der Waals surface area contributed by atoms with Crippen molar-refractivity contribution in [1.82, 2.24) is 4.98 Å². The highest BCUT2D eigenvalue weighted by Gasteiger charge is 1.98. The molecule has 1 aromatic heterocycles. The number of aromatic nitrogens is 1. The van der Waals surface area contributed by atoms with Crippen LogP contribution in [0.4, 0.5) is 10.5 Å². The number of anilines is 1. The van der Waals surface area contributed by atoms with Crippen molar-refractivity contribution in [2.45, 2.75) is 0 Å². The van der Waals surface area contributed by atoms with Crippen molar-refractivity contribution in [3.05, 3.63) is 36.5 Å². The smallest absolute Gasteiger partial charge is 0.312 e. The molecule has 0 spiro atoms. The first-order chi connectivity index (χ1) is 6.75. The highest BCUT2D eigenvalue weighted by Crippen LogP contribution is 2.17. The maximum absolute atomic E-state index is 10.6. The van der Waals surface area contributed by atoms with Gasteiger partial charge in [-0.2, -0.15) is 0 Å². The average Bonchev–Trinajstić information content (AvgIpc) is 2.17. The van der Waals surface area contributed by atoms with Crippen LogP contribution in [0.5, 0.6) is 0 Å². The van der Waals surface area contributed by atoms with E-state index in [2.05, 4.69) is 10.3 Å². The molecular weight excluding hydrogens is 200 g/mol. The fourth-order valence-electron chi connectivity index (χ4n) is 1.27. The summed E-state index contributed by atoms with van der Waals surface area (Å²) >= 11 is 5.20. The van der Waals surface area contributed by atoms with E-state index < -0.39 is 5.37 Å². The molecule has 3 nitrogen and oxygen atoms in total. The van der Waals surface area contributed by atoms with Crippen molar-refractivity contribution >= 4 is 33.6 Å². The van der Waals surface area contributed by atoms with Crippen LogP contribution in [-0.4, -0.2) is 10.4 Å². The predicted octanol–water partition coefficient (Wildman–Crippen LogP) is 3.01. The molecule has 1 amide bonds. The molecule has 1 heterocycles. The van der Waals surface area contributed by atoms with Gasteiger partial charge in [0, 0.05) is 17.3 Å². The first kappa shape index (κ1) is 8.97. The van der Waals surface area contributed by atoms with Crippen molar-refractivity contribution < 1.29 is 4.79 Å². The Morgan fingerprint density at radius 2 is 2.21 bits per heavy atom. The molecule has 0 unspecified atom stereocenters. The zero-order valence-electron chi connectivity index (χ0n) is 7.20. The van der Waals surface area contributed by atoms with Crippen molar-refractivity contribution in [3.8, 4) is 0 Å². The fraction of sp³-hybridized carbons (Fsp3) is 0. The number of fused-ring (bicyclic) bond motifs is 1. The molecule has 1 aromatic carbocycles. The number of benzene rings is 1. The second-order valence-corrected chi connectivity index (χ2v) is 3.15. The SMILES string of the molecule is O=C(Cl)Nc1ccc2ncccc2c1. The summed E-state index contributed by atoms with van der Waals surface area (Å²) in [6, 6.07) is 9.18. The Bertz CT molecular complexity index is 484. The van der Waals surface area contributed by atoms with Gasteiger partial charge in [-0.1, -0.05) is 6.07 Å². The minimum Gasteiger partial charge on any atom is -0.312 e. The van der Waals surface area contributed by atoms with Gasteiger partial charge in [0.05, 0.1) is 5.52 Å². The third-order valence-electron chi connectivity index (χ3n) is 1.85. The molecule has 0 saturated heterocycles. The van der Waals surface area contributed by atoms with E-state index in [1.807, 2.05) is 24.3 Å². The molecule has 0 saturated carbocycles. The zero-order chi connectivity index (χ0) is 9.97. The first-order valence-electron chi connectivity index (χ1n) is 4.07. The Labute approximate surface area is 85.7 Å². The van der Waals surface area contributed by atoms with E-state index in [9.17, 15) is 4.79 Å². The van der Waals surface area contributed by atoms with Gasteiger partial charge in [-0.05, 0) is 35.9 Å². The molecule has 0 aliphatic rings. The molecule has 0 aliphatic heterocycles. The van der Waals surface area contributed by atoms with Crippen LogP contribution >= 0.6 is 11.6 Å². The Kier molecular flexibility index (Phi) is 2.33. The number of carbonyl (C=O) groups is 1. The van der Waals surface area contributed by atoms with Gasteiger partial charge >= 0.3 is 5.37 Å². The Balaban J connectivity index is 2.46. The average molecular weight is 207 g/mol. The van der Waals surface area contributed by atoms with Crippen LogP contribution < -0.4 is 5.32 Å². The van der Waals surface area contributed by atoms with Crippen LogP contribution in [0.2, 0.25) is 0 Å². The largest absolute Gasteiger partial charge is 0.318 e. The third-order valence-corrected chi connectivity index (χ3v) is 1.94. The summed E-state index contributed by atoms with van der Waals surface area (Å²) in [5.74, 6) is 0. The summed E-state index contributed by atoms with van der Waals surface area (Å²) in [5.41, 5.74) is 1.56. The van der Waals surface area contributed by atoms with Gasteiger partial charge in [-0.3, -0.25) is 9.78 Å². The standard InChI is InChI=1S/C10H7ClN2O/c11-10(14)13-8-3-4-9-7(6-8)2-1-5-12-9/h1-6H,(H,13,14). The monoisotopic (exact) mass is 206 g/mol. The van der Waals surface area contributed by atoms with E-state index in [1.54, 1.807) is 12.3 Å². The number of nitrogens with zero attached hydrogens (tertiary/aromatic N) is 1. The summed E-state index contributed by atoms with van der Waals surface area (Å²) in [6.07, 6.45) is 1.72. The fourth-order valence-corrected chi connectivity index (χ4v) is 1.38. The summed E-state index contributed by atoms with van der Waals surface area (Å²) in [5, 5.41) is 2.87. The second-order valence-electron chi connectivity index (χ2n) is 2.81. The van der Waals surface area contributed by atoms with E-state index in [1.165, 1.54) is 0 Å². The minimum absolute atomic E-state index is 0.590. The Hall–Kier alpha value is -1.61. The lowest BCUT2D eigenvalue weighted by atomic mass is 10.2. The topological polar surface area (TPSA) is 42.0 Å². The van der Waals surface area contributed by atoms with E-state index in [0.29, 0.717) is 5.69 Å². The van der Waals surface area contributed by atoms with Gasteiger partial charge in [0.1, 0.15) is 0 Å². The summed E-state index contributed by atoms with van der Waals surface area (Å²) in [7, 11) is 0. The van der Waals surface area contributed by atoms with Gasteiger partial charge in [0.2, 0.25) is 0 Å². The number of carbonyl (C=O) groups excluding carboxylic acids is 1. The number of hydrogen-bond donors (Lipinski definition) is 1. The predicted molar refractivity (Wildman–Crippen MR) is 56.6 cm³/mol. The molecule has 0 radical (unpaired) electrons. The van der Waals surface area contributed by atoms with Gasteiger partial charge in [0.15, 0.2) is 0 Å². The van der Waals surface area contributed by atoms with Crippen molar-refractivity contribution in [2.75, 3.05) is 5.32 Å². The Morgan fingerprint density at radius 1 is 1.36 bits per heavy atom. The van der Waals surface area contributed by atoms with Gasteiger partial charge in [-0.15, -0.1) is 0 Å². The summed E-state index contributed by atoms with van der Waals surface area (Å²) in [6.45, 7) is 0. The lowest BCUT2D eigenvalue weighted by molar-refractivity contribution is 0.269. The van der Waals surface area contributed by atoms with Crippen LogP contribution in [0, 0.1) is 0 Å². The molecule has 0 aliphatic carbocycles. The lowest BCUT2D eigenvalue weighted by Crippen LogP contribution is -2.00. The maximum atomic E-state index is 10.6. The van der Waals surface area contributed by atoms with Gasteiger partial charge in [0.25, 0.3) is 0 Å². The van der Waals surface area contributed by atoms with E-state index in [-0.39, 0.29) is 0 Å². The van der Waals surface area contributed by atoms with Crippen LogP contribution in [0.1, 0.15) is 0 Å². The molecule has 4 heteroatoms. The van der Waals surface area contributed by atoms with Crippen molar-refractivity contribution in [1.29, 1.82) is 0 Å². The van der Waals surface area contributed by atoms with E-state index >= 15 is 0 Å². The molecule has 0 fully saturated rings. The third kappa shape index (κ3) is 1.83. The van der Waals surface area contributed by atoms with Crippen LogP contribution in [0.15, 0.2) is 36.5 Å². The quantitative estimate of drug-likeness (QED) is 0.576. The summed E-state index contributed by atoms with van der Waals surface area (Å²) in [4.78, 5) is 14.7. The van der Waals surface area contributed by atoms with Gasteiger partial charge < -0.3 is 5.32 Å². The zero-order valence-corrected chi connectivity index (χ0v) is 7.95. The van der Waals surface area contributed by atoms with E-state index in [0.717, 1.165) is 10.9 Å². The van der Waals surface area contributed by atoms with E-state index in [4.69, 9.17) is 11.6 Å². The molecule has 0 bridgehead atoms. The number of halogens is 1. The highest BCUT2D eigenvalue weighted by atomic mass is 35.5. The lowest BCUT2D eigenvalue weighted by Gasteiger charge is -2.01.